The number of pyridine rings is 1. The normalized spacial score (nSPS) is 13.7. The number of anilines is 1. The molecule has 0 spiro atoms. The number of rotatable bonds is 4. The summed E-state index contributed by atoms with van der Waals surface area (Å²) in [6.07, 6.45) is 0. The summed E-state index contributed by atoms with van der Waals surface area (Å²) < 4.78 is 0. The zero-order valence-electron chi connectivity index (χ0n) is 13.4. The van der Waals surface area contributed by atoms with E-state index >= 15 is 0 Å². The second-order valence-electron chi connectivity index (χ2n) is 6.72. The molecule has 0 saturated heterocycles. The second-order valence-corrected chi connectivity index (χ2v) is 6.72. The van der Waals surface area contributed by atoms with E-state index in [1.54, 1.807) is 0 Å². The van der Waals surface area contributed by atoms with Gasteiger partial charge >= 0.3 is 0 Å². The molecule has 0 aromatic carbocycles. The van der Waals surface area contributed by atoms with Gasteiger partial charge in [0, 0.05) is 24.2 Å². The first kappa shape index (κ1) is 16.0. The quantitative estimate of drug-likeness (QED) is 0.906. The summed E-state index contributed by atoms with van der Waals surface area (Å²) in [6.45, 7) is 13.1. The second kappa shape index (κ2) is 5.91. The van der Waals surface area contributed by atoms with Crippen molar-refractivity contribution >= 4 is 5.82 Å². The Morgan fingerprint density at radius 1 is 1.21 bits per heavy atom. The topological polar surface area (TPSA) is 36.4 Å². The van der Waals surface area contributed by atoms with Crippen LogP contribution in [0, 0.1) is 5.92 Å². The van der Waals surface area contributed by atoms with Crippen LogP contribution < -0.4 is 4.90 Å². The number of hydrogen-bond acceptors (Lipinski definition) is 3. The first-order valence-electron chi connectivity index (χ1n) is 7.02. The summed E-state index contributed by atoms with van der Waals surface area (Å²) in [6, 6.07) is 4.39. The van der Waals surface area contributed by atoms with Crippen molar-refractivity contribution in [3.05, 3.63) is 23.4 Å². The molecule has 0 amide bonds. The van der Waals surface area contributed by atoms with Crippen molar-refractivity contribution in [2.45, 2.75) is 59.6 Å². The molecule has 1 unspecified atom stereocenters. The van der Waals surface area contributed by atoms with Gasteiger partial charge in [0.05, 0.1) is 6.61 Å². The minimum atomic E-state index is -0.0121. The molecule has 0 aliphatic heterocycles. The highest BCUT2D eigenvalue weighted by molar-refractivity contribution is 5.44. The molecule has 0 aliphatic rings. The SMILES string of the molecule is CC(C)C(C)N(C)c1cc(CO)cc(C(C)(C)C)n1. The Kier molecular flexibility index (Phi) is 4.97. The highest BCUT2D eigenvalue weighted by Gasteiger charge is 2.20. The molecule has 0 radical (unpaired) electrons. The maximum Gasteiger partial charge on any atom is 0.129 e. The molecule has 1 N–H and O–H groups in total. The van der Waals surface area contributed by atoms with Crippen LogP contribution in [0.25, 0.3) is 0 Å². The molecule has 0 saturated carbocycles. The van der Waals surface area contributed by atoms with Crippen molar-refractivity contribution in [2.24, 2.45) is 5.92 Å². The van der Waals surface area contributed by atoms with Crippen LogP contribution in [0.4, 0.5) is 5.82 Å². The van der Waals surface area contributed by atoms with Gasteiger partial charge in [0.2, 0.25) is 0 Å². The monoisotopic (exact) mass is 264 g/mol. The number of aliphatic hydroxyl groups is 1. The van der Waals surface area contributed by atoms with Crippen LogP contribution in [0.2, 0.25) is 0 Å². The summed E-state index contributed by atoms with van der Waals surface area (Å²) in [5, 5.41) is 9.44. The molecule has 1 atom stereocenters. The lowest BCUT2D eigenvalue weighted by Gasteiger charge is -2.30. The molecule has 0 bridgehead atoms. The fraction of sp³-hybridized carbons (Fsp3) is 0.688. The number of aromatic nitrogens is 1. The molecule has 1 rings (SSSR count). The summed E-state index contributed by atoms with van der Waals surface area (Å²) in [5.41, 5.74) is 1.94. The molecule has 0 aliphatic carbocycles. The molecule has 19 heavy (non-hydrogen) atoms. The van der Waals surface area contributed by atoms with Crippen LogP contribution in [0.5, 0.6) is 0 Å². The van der Waals surface area contributed by atoms with Gasteiger partial charge in [-0.25, -0.2) is 4.98 Å². The first-order valence-corrected chi connectivity index (χ1v) is 7.02. The van der Waals surface area contributed by atoms with Crippen molar-refractivity contribution in [2.75, 3.05) is 11.9 Å². The minimum absolute atomic E-state index is 0.0121. The molecule has 108 valence electrons. The van der Waals surface area contributed by atoms with E-state index in [0.29, 0.717) is 12.0 Å². The number of aliphatic hydroxyl groups excluding tert-OH is 1. The van der Waals surface area contributed by atoms with Crippen LogP contribution in [0.1, 0.15) is 52.8 Å². The fourth-order valence-electron chi connectivity index (χ4n) is 1.88. The predicted molar refractivity (Wildman–Crippen MR) is 81.6 cm³/mol. The third-order valence-electron chi connectivity index (χ3n) is 3.76. The van der Waals surface area contributed by atoms with Gasteiger partial charge in [-0.3, -0.25) is 0 Å². The highest BCUT2D eigenvalue weighted by atomic mass is 16.3. The maximum absolute atomic E-state index is 9.44. The van der Waals surface area contributed by atoms with Crippen molar-refractivity contribution in [1.29, 1.82) is 0 Å². The lowest BCUT2D eigenvalue weighted by atomic mass is 9.90. The number of nitrogens with zero attached hydrogens (tertiary/aromatic N) is 2. The molecule has 1 aromatic rings. The van der Waals surface area contributed by atoms with Crippen LogP contribution in [0.15, 0.2) is 12.1 Å². The Morgan fingerprint density at radius 2 is 1.79 bits per heavy atom. The average molecular weight is 264 g/mol. The molecule has 1 heterocycles. The zero-order chi connectivity index (χ0) is 14.8. The largest absolute Gasteiger partial charge is 0.392 e. The van der Waals surface area contributed by atoms with Crippen molar-refractivity contribution < 1.29 is 5.11 Å². The summed E-state index contributed by atoms with van der Waals surface area (Å²) >= 11 is 0. The Labute approximate surface area is 117 Å². The molecule has 3 heteroatoms. The van der Waals surface area contributed by atoms with Crippen LogP contribution in [-0.2, 0) is 12.0 Å². The minimum Gasteiger partial charge on any atom is -0.392 e. The van der Waals surface area contributed by atoms with Gasteiger partial charge in [0.15, 0.2) is 0 Å². The first-order chi connectivity index (χ1) is 8.66. The van der Waals surface area contributed by atoms with Gasteiger partial charge in [-0.2, -0.15) is 0 Å². The smallest absolute Gasteiger partial charge is 0.129 e. The van der Waals surface area contributed by atoms with Gasteiger partial charge in [-0.15, -0.1) is 0 Å². The zero-order valence-corrected chi connectivity index (χ0v) is 13.4. The third-order valence-corrected chi connectivity index (χ3v) is 3.76. The lowest BCUT2D eigenvalue weighted by Crippen LogP contribution is -2.34. The third kappa shape index (κ3) is 3.93. The Morgan fingerprint density at radius 3 is 2.21 bits per heavy atom. The van der Waals surface area contributed by atoms with E-state index in [1.165, 1.54) is 0 Å². The highest BCUT2D eigenvalue weighted by Crippen LogP contribution is 2.26. The van der Waals surface area contributed by atoms with E-state index in [2.05, 4.69) is 53.5 Å². The van der Waals surface area contributed by atoms with Crippen molar-refractivity contribution in [3.8, 4) is 0 Å². The Hall–Kier alpha value is -1.09. The van der Waals surface area contributed by atoms with Crippen molar-refractivity contribution in [1.82, 2.24) is 4.98 Å². The fourth-order valence-corrected chi connectivity index (χ4v) is 1.88. The van der Waals surface area contributed by atoms with E-state index in [4.69, 9.17) is 4.98 Å². The summed E-state index contributed by atoms with van der Waals surface area (Å²) in [4.78, 5) is 6.96. The average Bonchev–Trinajstić information content (AvgIpc) is 2.35. The van der Waals surface area contributed by atoms with Crippen LogP contribution >= 0.6 is 0 Å². The maximum atomic E-state index is 9.44. The van der Waals surface area contributed by atoms with Gasteiger partial charge in [-0.1, -0.05) is 34.6 Å². The summed E-state index contributed by atoms with van der Waals surface area (Å²) in [7, 11) is 2.07. The van der Waals surface area contributed by atoms with Gasteiger partial charge < -0.3 is 10.0 Å². The predicted octanol–water partition coefficient (Wildman–Crippen LogP) is 3.35. The molecular weight excluding hydrogens is 236 g/mol. The summed E-state index contributed by atoms with van der Waals surface area (Å²) in [5.74, 6) is 1.50. The number of hydrogen-bond donors (Lipinski definition) is 1. The Bertz CT molecular complexity index is 421. The van der Waals surface area contributed by atoms with E-state index in [0.717, 1.165) is 17.1 Å². The van der Waals surface area contributed by atoms with Crippen molar-refractivity contribution in [3.63, 3.8) is 0 Å². The van der Waals surface area contributed by atoms with Crippen LogP contribution in [0.3, 0.4) is 0 Å². The molecular formula is C16H28N2O. The molecule has 3 nitrogen and oxygen atoms in total. The molecule has 0 fully saturated rings. The van der Waals surface area contributed by atoms with E-state index < -0.39 is 0 Å². The van der Waals surface area contributed by atoms with Crippen LogP contribution in [-0.4, -0.2) is 23.2 Å². The standard InChI is InChI=1S/C16H28N2O/c1-11(2)12(3)18(7)15-9-13(10-19)8-14(17-15)16(4,5)6/h8-9,11-12,19H,10H2,1-7H3. The van der Waals surface area contributed by atoms with E-state index in [9.17, 15) is 5.11 Å². The van der Waals surface area contributed by atoms with E-state index in [1.807, 2.05) is 12.1 Å². The lowest BCUT2D eigenvalue weighted by molar-refractivity contribution is 0.281. The molecule has 1 aromatic heterocycles. The van der Waals surface area contributed by atoms with Gasteiger partial charge in [0.1, 0.15) is 5.82 Å². The van der Waals surface area contributed by atoms with Gasteiger partial charge in [-0.05, 0) is 30.5 Å². The Balaban J connectivity index is 3.20. The van der Waals surface area contributed by atoms with E-state index in [-0.39, 0.29) is 12.0 Å². The van der Waals surface area contributed by atoms with Gasteiger partial charge in [0.25, 0.3) is 0 Å².